The molecule has 0 spiro atoms. The van der Waals surface area contributed by atoms with Gasteiger partial charge in [0, 0.05) is 12.1 Å². The van der Waals surface area contributed by atoms with Gasteiger partial charge in [-0.1, -0.05) is 39.0 Å². The highest BCUT2D eigenvalue weighted by atomic mass is 35.5. The van der Waals surface area contributed by atoms with E-state index in [9.17, 15) is 0 Å². The van der Waals surface area contributed by atoms with Crippen LogP contribution in [0, 0.1) is 0 Å². The Morgan fingerprint density at radius 1 is 1.14 bits per heavy atom. The van der Waals surface area contributed by atoms with Gasteiger partial charge in [0.05, 0.1) is 0 Å². The number of rotatable bonds is 4. The Labute approximate surface area is 129 Å². The number of aromatic nitrogens is 3. The topological polar surface area (TPSA) is 59.9 Å². The molecule has 1 N–H and O–H groups in total. The minimum atomic E-state index is -0.0437. The van der Waals surface area contributed by atoms with Crippen molar-refractivity contribution in [3.63, 3.8) is 0 Å². The molecule has 0 aliphatic rings. The van der Waals surface area contributed by atoms with Gasteiger partial charge in [0.1, 0.15) is 5.75 Å². The maximum absolute atomic E-state index is 5.90. The van der Waals surface area contributed by atoms with E-state index < -0.39 is 0 Å². The van der Waals surface area contributed by atoms with Crippen molar-refractivity contribution in [3.8, 4) is 11.8 Å². The molecule has 0 bridgehead atoms. The Bertz CT molecular complexity index is 625. The van der Waals surface area contributed by atoms with Gasteiger partial charge in [-0.05, 0) is 30.0 Å². The molecule has 0 saturated carbocycles. The van der Waals surface area contributed by atoms with Gasteiger partial charge in [-0.3, -0.25) is 0 Å². The molecule has 1 heterocycles. The number of nitrogens with zero attached hydrogens (tertiary/aromatic N) is 3. The molecule has 0 atom stereocenters. The normalized spacial score (nSPS) is 11.3. The molecule has 0 unspecified atom stereocenters. The van der Waals surface area contributed by atoms with Crippen molar-refractivity contribution in [2.45, 2.75) is 33.1 Å². The number of anilines is 1. The van der Waals surface area contributed by atoms with Crippen LogP contribution in [0.4, 0.5) is 5.95 Å². The van der Waals surface area contributed by atoms with E-state index in [1.807, 2.05) is 31.2 Å². The van der Waals surface area contributed by atoms with Crippen molar-refractivity contribution in [1.29, 1.82) is 0 Å². The van der Waals surface area contributed by atoms with E-state index in [0.29, 0.717) is 12.5 Å². The SMILES string of the molecule is CCNc1nc(Cl)nc(Oc2ccccc2C(C)(C)C)n1. The highest BCUT2D eigenvalue weighted by Gasteiger charge is 2.19. The van der Waals surface area contributed by atoms with Crippen molar-refractivity contribution in [2.24, 2.45) is 0 Å². The molecule has 2 rings (SSSR count). The third-order valence-electron chi connectivity index (χ3n) is 2.82. The average molecular weight is 307 g/mol. The van der Waals surface area contributed by atoms with Gasteiger partial charge in [-0.15, -0.1) is 0 Å². The molecule has 0 aliphatic carbocycles. The van der Waals surface area contributed by atoms with E-state index in [-0.39, 0.29) is 16.7 Å². The van der Waals surface area contributed by atoms with Crippen molar-refractivity contribution in [3.05, 3.63) is 35.1 Å². The fourth-order valence-corrected chi connectivity index (χ4v) is 2.04. The second-order valence-corrected chi connectivity index (χ2v) is 5.93. The Morgan fingerprint density at radius 3 is 2.52 bits per heavy atom. The van der Waals surface area contributed by atoms with E-state index in [0.717, 1.165) is 11.3 Å². The molecule has 0 saturated heterocycles. The highest BCUT2D eigenvalue weighted by molar-refractivity contribution is 6.28. The molecule has 112 valence electrons. The monoisotopic (exact) mass is 306 g/mol. The van der Waals surface area contributed by atoms with Crippen LogP contribution >= 0.6 is 11.6 Å². The van der Waals surface area contributed by atoms with Crippen LogP contribution in [-0.2, 0) is 5.41 Å². The number of halogens is 1. The van der Waals surface area contributed by atoms with Gasteiger partial charge in [0.15, 0.2) is 0 Å². The van der Waals surface area contributed by atoms with Crippen LogP contribution in [0.3, 0.4) is 0 Å². The predicted molar refractivity (Wildman–Crippen MR) is 84.2 cm³/mol. The van der Waals surface area contributed by atoms with Crippen molar-refractivity contribution in [1.82, 2.24) is 15.0 Å². The summed E-state index contributed by atoms with van der Waals surface area (Å²) in [6.45, 7) is 9.02. The van der Waals surface area contributed by atoms with Crippen LogP contribution in [0.2, 0.25) is 5.28 Å². The molecular formula is C15H19ClN4O. The molecule has 5 nitrogen and oxygen atoms in total. The number of hydrogen-bond acceptors (Lipinski definition) is 5. The number of hydrogen-bond donors (Lipinski definition) is 1. The van der Waals surface area contributed by atoms with E-state index in [4.69, 9.17) is 16.3 Å². The molecule has 0 fully saturated rings. The molecule has 1 aromatic heterocycles. The summed E-state index contributed by atoms with van der Waals surface area (Å²) in [6.07, 6.45) is 0. The first-order valence-electron chi connectivity index (χ1n) is 6.83. The zero-order valence-electron chi connectivity index (χ0n) is 12.6. The first-order chi connectivity index (χ1) is 9.90. The van der Waals surface area contributed by atoms with Gasteiger partial charge in [0.25, 0.3) is 0 Å². The first-order valence-corrected chi connectivity index (χ1v) is 7.20. The number of para-hydroxylation sites is 1. The molecular weight excluding hydrogens is 288 g/mol. The fourth-order valence-electron chi connectivity index (χ4n) is 1.89. The lowest BCUT2D eigenvalue weighted by atomic mass is 9.86. The lowest BCUT2D eigenvalue weighted by molar-refractivity contribution is 0.421. The summed E-state index contributed by atoms with van der Waals surface area (Å²) in [5.74, 6) is 1.12. The molecule has 6 heteroatoms. The van der Waals surface area contributed by atoms with Crippen molar-refractivity contribution >= 4 is 17.5 Å². The van der Waals surface area contributed by atoms with Gasteiger partial charge in [-0.2, -0.15) is 15.0 Å². The maximum Gasteiger partial charge on any atom is 0.328 e. The molecule has 0 aliphatic heterocycles. The lowest BCUT2D eigenvalue weighted by Gasteiger charge is -2.22. The molecule has 1 aromatic carbocycles. The summed E-state index contributed by atoms with van der Waals surface area (Å²) in [6, 6.07) is 8.01. The fraction of sp³-hybridized carbons (Fsp3) is 0.400. The van der Waals surface area contributed by atoms with Crippen LogP contribution in [0.5, 0.6) is 11.8 Å². The van der Waals surface area contributed by atoms with E-state index in [2.05, 4.69) is 41.0 Å². The quantitative estimate of drug-likeness (QED) is 0.923. The highest BCUT2D eigenvalue weighted by Crippen LogP contribution is 2.33. The largest absolute Gasteiger partial charge is 0.424 e. The third kappa shape index (κ3) is 4.04. The molecule has 0 amide bonds. The van der Waals surface area contributed by atoms with E-state index in [1.54, 1.807) is 0 Å². The Hall–Kier alpha value is -1.88. The summed E-state index contributed by atoms with van der Waals surface area (Å²) in [4.78, 5) is 12.2. The Morgan fingerprint density at radius 2 is 1.86 bits per heavy atom. The van der Waals surface area contributed by atoms with Gasteiger partial charge in [-0.25, -0.2) is 0 Å². The summed E-state index contributed by atoms with van der Waals surface area (Å²) in [5, 5.41) is 3.09. The minimum absolute atomic E-state index is 0.0437. The summed E-state index contributed by atoms with van der Waals surface area (Å²) < 4.78 is 5.82. The van der Waals surface area contributed by atoms with Crippen LogP contribution in [0.1, 0.15) is 33.3 Å². The molecule has 2 aromatic rings. The van der Waals surface area contributed by atoms with Gasteiger partial charge < -0.3 is 10.1 Å². The second-order valence-electron chi connectivity index (χ2n) is 5.59. The zero-order chi connectivity index (χ0) is 15.5. The minimum Gasteiger partial charge on any atom is -0.424 e. The first kappa shape index (κ1) is 15.5. The second kappa shape index (κ2) is 6.26. The smallest absolute Gasteiger partial charge is 0.328 e. The van der Waals surface area contributed by atoms with E-state index >= 15 is 0 Å². The summed E-state index contributed by atoms with van der Waals surface area (Å²) >= 11 is 5.90. The van der Waals surface area contributed by atoms with E-state index in [1.165, 1.54) is 0 Å². The van der Waals surface area contributed by atoms with Crippen LogP contribution in [0.15, 0.2) is 24.3 Å². The Kier molecular flexibility index (Phi) is 4.63. The van der Waals surface area contributed by atoms with Crippen LogP contribution in [0.25, 0.3) is 0 Å². The third-order valence-corrected chi connectivity index (χ3v) is 2.99. The standard InChI is InChI=1S/C15H19ClN4O/c1-5-17-13-18-12(16)19-14(20-13)21-11-9-7-6-8-10(11)15(2,3)4/h6-9H,5H2,1-4H3,(H,17,18,19,20). The number of ether oxygens (including phenoxy) is 1. The van der Waals surface area contributed by atoms with Crippen molar-refractivity contribution < 1.29 is 4.74 Å². The molecule has 0 radical (unpaired) electrons. The van der Waals surface area contributed by atoms with Gasteiger partial charge in [0.2, 0.25) is 11.2 Å². The summed E-state index contributed by atoms with van der Waals surface area (Å²) in [5.41, 5.74) is 1.03. The average Bonchev–Trinajstić information content (AvgIpc) is 2.37. The number of nitrogens with one attached hydrogen (secondary N) is 1. The zero-order valence-corrected chi connectivity index (χ0v) is 13.4. The predicted octanol–water partition coefficient (Wildman–Crippen LogP) is 4.05. The van der Waals surface area contributed by atoms with Crippen LogP contribution < -0.4 is 10.1 Å². The van der Waals surface area contributed by atoms with Crippen LogP contribution in [-0.4, -0.2) is 21.5 Å². The lowest BCUT2D eigenvalue weighted by Crippen LogP contribution is -2.13. The number of benzene rings is 1. The molecule has 21 heavy (non-hydrogen) atoms. The maximum atomic E-state index is 5.90. The van der Waals surface area contributed by atoms with Crippen molar-refractivity contribution in [2.75, 3.05) is 11.9 Å². The van der Waals surface area contributed by atoms with Gasteiger partial charge >= 0.3 is 6.01 Å². The Balaban J connectivity index is 2.35. The summed E-state index contributed by atoms with van der Waals surface area (Å²) in [7, 11) is 0.